The normalized spacial score (nSPS) is 16.3. The summed E-state index contributed by atoms with van der Waals surface area (Å²) in [6.07, 6.45) is 10.0. The van der Waals surface area contributed by atoms with Gasteiger partial charge in [0, 0.05) is 6.42 Å². The second-order valence-electron chi connectivity index (χ2n) is 5.25. The Morgan fingerprint density at radius 3 is 2.13 bits per heavy atom. The molecule has 2 aromatic carbocycles. The summed E-state index contributed by atoms with van der Waals surface area (Å²) in [5.74, 6) is 0. The quantitative estimate of drug-likeness (QED) is 0.832. The Morgan fingerprint density at radius 2 is 1.52 bits per heavy atom. The molecule has 3 rings (SSSR count). The SMILES string of the molecule is O=S(=O)(/C([CH]c1ccccc1)=C1/C=CC=CC1)c1ccccc1. The average Bonchev–Trinajstić information content (AvgIpc) is 2.62. The Labute approximate surface area is 137 Å². The Morgan fingerprint density at radius 1 is 0.870 bits per heavy atom. The van der Waals surface area contributed by atoms with Crippen LogP contribution in [0.1, 0.15) is 12.0 Å². The molecule has 115 valence electrons. The maximum Gasteiger partial charge on any atom is 0.203 e. The van der Waals surface area contributed by atoms with Crippen LogP contribution in [0, 0.1) is 6.42 Å². The lowest BCUT2D eigenvalue weighted by molar-refractivity contribution is 0.602. The highest BCUT2D eigenvalue weighted by Crippen LogP contribution is 2.30. The molecule has 0 aliphatic heterocycles. The maximum atomic E-state index is 13.1. The van der Waals surface area contributed by atoms with Gasteiger partial charge in [0.15, 0.2) is 0 Å². The molecule has 0 saturated carbocycles. The van der Waals surface area contributed by atoms with Crippen LogP contribution in [-0.2, 0) is 9.84 Å². The molecule has 0 N–H and O–H groups in total. The topological polar surface area (TPSA) is 34.1 Å². The fraction of sp³-hybridized carbons (Fsp3) is 0.0500. The summed E-state index contributed by atoms with van der Waals surface area (Å²) >= 11 is 0. The first-order chi connectivity index (χ1) is 11.2. The van der Waals surface area contributed by atoms with E-state index in [4.69, 9.17) is 0 Å². The van der Waals surface area contributed by atoms with E-state index in [0.29, 0.717) is 16.2 Å². The van der Waals surface area contributed by atoms with Gasteiger partial charge < -0.3 is 0 Å². The van der Waals surface area contributed by atoms with Crippen LogP contribution in [0.3, 0.4) is 0 Å². The van der Waals surface area contributed by atoms with Crippen molar-refractivity contribution in [3.05, 3.63) is 107 Å². The molecular formula is C20H17O2S. The molecule has 0 saturated heterocycles. The van der Waals surface area contributed by atoms with Crippen LogP contribution < -0.4 is 0 Å². The average molecular weight is 321 g/mol. The number of allylic oxidation sites excluding steroid dienone is 6. The Kier molecular flexibility index (Phi) is 4.58. The first-order valence-electron chi connectivity index (χ1n) is 7.44. The van der Waals surface area contributed by atoms with Crippen molar-refractivity contribution < 1.29 is 8.42 Å². The molecule has 1 radical (unpaired) electrons. The molecule has 1 aliphatic carbocycles. The minimum atomic E-state index is -3.56. The molecule has 0 heterocycles. The molecule has 0 spiro atoms. The third-order valence-electron chi connectivity index (χ3n) is 3.64. The molecule has 0 amide bonds. The molecule has 0 bridgehead atoms. The van der Waals surface area contributed by atoms with E-state index < -0.39 is 9.84 Å². The minimum absolute atomic E-state index is 0.317. The standard InChI is InChI=1S/C20H17O2S/c21-23(22,19-14-8-3-9-15-19)20(18-12-6-2-7-13-18)16-17-10-4-1-5-11-17/h1-12,14-16H,13H2/b20-18-. The van der Waals surface area contributed by atoms with Crippen molar-refractivity contribution in [2.75, 3.05) is 0 Å². The van der Waals surface area contributed by atoms with Crippen LogP contribution in [0.2, 0.25) is 0 Å². The number of sulfone groups is 1. The highest BCUT2D eigenvalue weighted by molar-refractivity contribution is 7.95. The molecule has 0 aromatic heterocycles. The van der Waals surface area contributed by atoms with E-state index in [0.717, 1.165) is 11.1 Å². The summed E-state index contributed by atoms with van der Waals surface area (Å²) in [6.45, 7) is 0. The lowest BCUT2D eigenvalue weighted by Gasteiger charge is -2.14. The van der Waals surface area contributed by atoms with Gasteiger partial charge in [-0.15, -0.1) is 0 Å². The Hall–Kier alpha value is -2.39. The summed E-state index contributed by atoms with van der Waals surface area (Å²) in [5.41, 5.74) is 1.68. The molecule has 1 aliphatic rings. The van der Waals surface area contributed by atoms with Gasteiger partial charge >= 0.3 is 0 Å². The van der Waals surface area contributed by atoms with Gasteiger partial charge in [-0.1, -0.05) is 72.8 Å². The monoisotopic (exact) mass is 321 g/mol. The van der Waals surface area contributed by atoms with Crippen LogP contribution >= 0.6 is 0 Å². The number of hydrogen-bond acceptors (Lipinski definition) is 2. The molecule has 2 nitrogen and oxygen atoms in total. The van der Waals surface area contributed by atoms with Crippen molar-refractivity contribution in [2.24, 2.45) is 0 Å². The summed E-state index contributed by atoms with van der Waals surface area (Å²) in [7, 11) is -3.56. The third kappa shape index (κ3) is 3.51. The molecule has 0 unspecified atom stereocenters. The van der Waals surface area contributed by atoms with Gasteiger partial charge in [0.05, 0.1) is 9.80 Å². The molecule has 23 heavy (non-hydrogen) atoms. The summed E-state index contributed by atoms with van der Waals surface area (Å²) in [5, 5.41) is 0. The third-order valence-corrected chi connectivity index (χ3v) is 5.49. The smallest absolute Gasteiger partial charge is 0.203 e. The van der Waals surface area contributed by atoms with Gasteiger partial charge in [-0.25, -0.2) is 8.42 Å². The van der Waals surface area contributed by atoms with Crippen molar-refractivity contribution in [1.82, 2.24) is 0 Å². The van der Waals surface area contributed by atoms with E-state index in [-0.39, 0.29) is 0 Å². The van der Waals surface area contributed by atoms with E-state index in [1.165, 1.54) is 0 Å². The van der Waals surface area contributed by atoms with Gasteiger partial charge in [-0.3, -0.25) is 0 Å². The summed E-state index contributed by atoms with van der Waals surface area (Å²) < 4.78 is 26.2. The van der Waals surface area contributed by atoms with Gasteiger partial charge in [-0.05, 0) is 29.7 Å². The van der Waals surface area contributed by atoms with E-state index >= 15 is 0 Å². The van der Waals surface area contributed by atoms with Crippen LogP contribution in [0.5, 0.6) is 0 Å². The fourth-order valence-corrected chi connectivity index (χ4v) is 4.02. The predicted octanol–water partition coefficient (Wildman–Crippen LogP) is 4.48. The van der Waals surface area contributed by atoms with Gasteiger partial charge in [0.2, 0.25) is 9.84 Å². The summed E-state index contributed by atoms with van der Waals surface area (Å²) in [4.78, 5) is 0.674. The van der Waals surface area contributed by atoms with Gasteiger partial charge in [-0.2, -0.15) is 0 Å². The van der Waals surface area contributed by atoms with Gasteiger partial charge in [0.1, 0.15) is 0 Å². The zero-order valence-electron chi connectivity index (χ0n) is 12.6. The van der Waals surface area contributed by atoms with Crippen molar-refractivity contribution in [1.29, 1.82) is 0 Å². The molecule has 3 heteroatoms. The van der Waals surface area contributed by atoms with E-state index in [9.17, 15) is 8.42 Å². The minimum Gasteiger partial charge on any atom is -0.219 e. The first kappa shape index (κ1) is 15.5. The van der Waals surface area contributed by atoms with E-state index in [1.54, 1.807) is 30.7 Å². The van der Waals surface area contributed by atoms with Crippen molar-refractivity contribution in [3.8, 4) is 0 Å². The number of hydrogen-bond donors (Lipinski definition) is 0. The van der Waals surface area contributed by atoms with Crippen LogP contribution in [0.4, 0.5) is 0 Å². The Bertz CT molecular complexity index is 858. The fourth-order valence-electron chi connectivity index (χ4n) is 2.47. The molecule has 2 aromatic rings. The highest BCUT2D eigenvalue weighted by Gasteiger charge is 2.24. The highest BCUT2D eigenvalue weighted by atomic mass is 32.2. The molecule has 0 fully saturated rings. The van der Waals surface area contributed by atoms with E-state index in [1.807, 2.05) is 60.7 Å². The van der Waals surface area contributed by atoms with Crippen molar-refractivity contribution in [3.63, 3.8) is 0 Å². The second-order valence-corrected chi connectivity index (χ2v) is 7.17. The molecular weight excluding hydrogens is 304 g/mol. The zero-order valence-corrected chi connectivity index (χ0v) is 13.4. The van der Waals surface area contributed by atoms with Crippen molar-refractivity contribution in [2.45, 2.75) is 11.3 Å². The number of rotatable bonds is 4. The van der Waals surface area contributed by atoms with Crippen LogP contribution in [0.25, 0.3) is 0 Å². The van der Waals surface area contributed by atoms with Crippen molar-refractivity contribution >= 4 is 9.84 Å². The van der Waals surface area contributed by atoms with Crippen LogP contribution in [-0.4, -0.2) is 8.42 Å². The maximum absolute atomic E-state index is 13.1. The lowest BCUT2D eigenvalue weighted by Crippen LogP contribution is -2.09. The number of benzene rings is 2. The second kappa shape index (κ2) is 6.80. The van der Waals surface area contributed by atoms with Gasteiger partial charge in [0.25, 0.3) is 0 Å². The zero-order chi connectivity index (χ0) is 16.1. The molecule has 0 atom stereocenters. The largest absolute Gasteiger partial charge is 0.219 e. The van der Waals surface area contributed by atoms with E-state index in [2.05, 4.69) is 0 Å². The summed E-state index contributed by atoms with van der Waals surface area (Å²) in [6, 6.07) is 18.1. The first-order valence-corrected chi connectivity index (χ1v) is 8.92. The Balaban J connectivity index is 2.09. The predicted molar refractivity (Wildman–Crippen MR) is 93.4 cm³/mol. The lowest BCUT2D eigenvalue weighted by atomic mass is 10.0. The van der Waals surface area contributed by atoms with Crippen LogP contribution in [0.15, 0.2) is 100 Å².